The van der Waals surface area contributed by atoms with E-state index in [4.69, 9.17) is 17.0 Å². The SMILES string of the molecule is CC1=Cc2c(-c3cccc4ccccc34)ccc(C)c2[CH]1[Zr]([Cl])([Cl])([CH]1C(C(C)C)=Cc2c(-c3ccccc3)cccc21)[SiH](C)C. The van der Waals surface area contributed by atoms with E-state index < -0.39 is 21.5 Å². The summed E-state index contributed by atoms with van der Waals surface area (Å²) in [7, 11) is 17.3. The van der Waals surface area contributed by atoms with Gasteiger partial charge in [-0.1, -0.05) is 0 Å². The number of aryl methyl sites for hydroxylation is 1. The van der Waals surface area contributed by atoms with Crippen LogP contribution in [-0.4, -0.2) is 5.92 Å². The van der Waals surface area contributed by atoms with Crippen molar-refractivity contribution in [2.75, 3.05) is 0 Å². The molecule has 2 atom stereocenters. The zero-order chi connectivity index (χ0) is 31.7. The molecule has 7 rings (SSSR count). The second kappa shape index (κ2) is 11.3. The third-order valence-electron chi connectivity index (χ3n) is 10.8. The Morgan fingerprint density at radius 2 is 1.31 bits per heavy atom. The van der Waals surface area contributed by atoms with Gasteiger partial charge in [0.25, 0.3) is 0 Å². The van der Waals surface area contributed by atoms with Gasteiger partial charge in [0.05, 0.1) is 0 Å². The molecule has 2 aliphatic rings. The monoisotopic (exact) mass is 721 g/mol. The van der Waals surface area contributed by atoms with Gasteiger partial charge in [0.15, 0.2) is 0 Å². The van der Waals surface area contributed by atoms with Crippen LogP contribution in [0.1, 0.15) is 55.8 Å². The van der Waals surface area contributed by atoms with Crippen LogP contribution in [0.2, 0.25) is 13.1 Å². The maximum atomic E-state index is 8.65. The maximum absolute atomic E-state index is 8.65. The molecular formula is C41H41Cl2SiZr. The minimum atomic E-state index is -4.84. The van der Waals surface area contributed by atoms with Gasteiger partial charge in [0.2, 0.25) is 0 Å². The summed E-state index contributed by atoms with van der Waals surface area (Å²) in [5.74, 6) is -1.29. The van der Waals surface area contributed by atoms with Gasteiger partial charge < -0.3 is 0 Å². The average molecular weight is 724 g/mol. The fourth-order valence-electron chi connectivity index (χ4n) is 8.47. The molecular weight excluding hydrogens is 683 g/mol. The summed E-state index contributed by atoms with van der Waals surface area (Å²) in [5, 5.41) is 2.54. The molecule has 227 valence electrons. The number of hydrogen-bond donors (Lipinski definition) is 0. The van der Waals surface area contributed by atoms with E-state index in [1.54, 1.807) is 0 Å². The van der Waals surface area contributed by atoms with E-state index in [0.717, 1.165) is 0 Å². The normalized spacial score (nSPS) is 18.5. The summed E-state index contributed by atoms with van der Waals surface area (Å²) in [4.78, 5) is 0. The van der Waals surface area contributed by atoms with Gasteiger partial charge in [-0.3, -0.25) is 0 Å². The summed E-state index contributed by atoms with van der Waals surface area (Å²) in [5.41, 5.74) is 14.5. The second-order valence-electron chi connectivity index (χ2n) is 13.9. The Labute approximate surface area is 277 Å². The summed E-state index contributed by atoms with van der Waals surface area (Å²) >= 11 is -4.84. The molecule has 0 heterocycles. The van der Waals surface area contributed by atoms with Crippen molar-refractivity contribution in [3.05, 3.63) is 142 Å². The first-order chi connectivity index (χ1) is 21.5. The van der Waals surface area contributed by atoms with Gasteiger partial charge in [-0.25, -0.2) is 0 Å². The van der Waals surface area contributed by atoms with E-state index in [1.165, 1.54) is 72.0 Å². The number of benzene rings is 5. The molecule has 0 N–H and O–H groups in total. The molecule has 0 bridgehead atoms. The topological polar surface area (TPSA) is 0 Å². The fourth-order valence-corrected chi connectivity index (χ4v) is 40.7. The van der Waals surface area contributed by atoms with Crippen LogP contribution in [-0.2, 0) is 15.6 Å². The van der Waals surface area contributed by atoms with Crippen molar-refractivity contribution < 1.29 is 15.6 Å². The molecule has 2 aliphatic carbocycles. The second-order valence-corrected chi connectivity index (χ2v) is 56.4. The number of halogens is 2. The summed E-state index contributed by atoms with van der Waals surface area (Å²) in [6, 6.07) is 37.6. The Hall–Kier alpha value is -2.48. The number of allylic oxidation sites excluding steroid dienone is 2. The third-order valence-corrected chi connectivity index (χ3v) is 62.7. The van der Waals surface area contributed by atoms with E-state index in [-0.39, 0.29) is 7.25 Å². The predicted molar refractivity (Wildman–Crippen MR) is 199 cm³/mol. The van der Waals surface area contributed by atoms with Crippen LogP contribution < -0.4 is 0 Å². The summed E-state index contributed by atoms with van der Waals surface area (Å²) in [6.07, 6.45) is 4.91. The first kappa shape index (κ1) is 31.1. The van der Waals surface area contributed by atoms with E-state index in [2.05, 4.69) is 156 Å². The fraction of sp³-hybridized carbons (Fsp3) is 0.220. The van der Waals surface area contributed by atoms with Crippen molar-refractivity contribution in [3.63, 3.8) is 0 Å². The first-order valence-corrected chi connectivity index (χ1v) is 32.6. The van der Waals surface area contributed by atoms with E-state index >= 15 is 0 Å². The quantitative estimate of drug-likeness (QED) is 0.153. The molecule has 0 saturated carbocycles. The Morgan fingerprint density at radius 3 is 2.04 bits per heavy atom. The van der Waals surface area contributed by atoms with Crippen LogP contribution in [0.4, 0.5) is 0 Å². The molecule has 0 aromatic heterocycles. The minimum absolute atomic E-state index is 0.0739. The zero-order valence-corrected chi connectivity index (χ0v) is 32.2. The van der Waals surface area contributed by atoms with Crippen LogP contribution in [0.25, 0.3) is 45.2 Å². The molecule has 2 unspecified atom stereocenters. The van der Waals surface area contributed by atoms with Crippen molar-refractivity contribution in [2.45, 2.75) is 48.0 Å². The van der Waals surface area contributed by atoms with E-state index in [1.807, 2.05) is 0 Å². The number of hydrogen-bond acceptors (Lipinski definition) is 0. The third kappa shape index (κ3) is 4.70. The van der Waals surface area contributed by atoms with Crippen molar-refractivity contribution in [1.82, 2.24) is 0 Å². The van der Waals surface area contributed by atoms with Crippen LogP contribution in [0.5, 0.6) is 0 Å². The molecule has 4 heteroatoms. The Kier molecular flexibility index (Phi) is 7.85. The van der Waals surface area contributed by atoms with E-state index in [0.29, 0.717) is 5.92 Å². The van der Waals surface area contributed by atoms with Crippen LogP contribution in [0, 0.1) is 12.8 Å². The molecule has 0 radical (unpaired) electrons. The molecule has 5 aromatic rings. The number of fused-ring (bicyclic) bond motifs is 3. The standard InChI is InChI=1S/C21H17.C18H17.C2H7Si.2ClH.Zr/c1-14-12-20-15(2)10-11-19(21(20)13-14)18-9-5-7-16-6-3-4-8-17(16)18;1-13(2)16-11-15-9-6-10-17(18(15)12-16)14-7-4-3-5-8-14;1-3-2;;;/h3-13H,1-2H3;3-13H,1-2H3;3H,1-2H3;2*1H;/q;;;;;+2/p-2. The molecule has 0 saturated heterocycles. The van der Waals surface area contributed by atoms with Gasteiger partial charge in [-0.15, -0.1) is 0 Å². The van der Waals surface area contributed by atoms with Crippen molar-refractivity contribution in [3.8, 4) is 22.3 Å². The average Bonchev–Trinajstić information content (AvgIpc) is 3.62. The zero-order valence-electron chi connectivity index (χ0n) is 27.0. The molecule has 0 spiro atoms. The van der Waals surface area contributed by atoms with Crippen molar-refractivity contribution in [2.24, 2.45) is 5.92 Å². The van der Waals surface area contributed by atoms with Gasteiger partial charge in [-0.2, -0.15) is 0 Å². The van der Waals surface area contributed by atoms with Gasteiger partial charge >= 0.3 is 280 Å². The Bertz CT molecular complexity index is 2030. The first-order valence-electron chi connectivity index (χ1n) is 16.3. The molecule has 0 fully saturated rings. The molecule has 0 amide bonds. The van der Waals surface area contributed by atoms with Crippen LogP contribution in [0.3, 0.4) is 0 Å². The summed E-state index contributed by atoms with van der Waals surface area (Å²) < 4.78 is 0.157. The molecule has 0 aliphatic heterocycles. The van der Waals surface area contributed by atoms with E-state index in [9.17, 15) is 0 Å². The Balaban J connectivity index is 1.48. The molecule has 45 heavy (non-hydrogen) atoms. The van der Waals surface area contributed by atoms with Crippen molar-refractivity contribution in [1.29, 1.82) is 0 Å². The van der Waals surface area contributed by atoms with Gasteiger partial charge in [0, 0.05) is 0 Å². The molecule has 0 nitrogen and oxygen atoms in total. The number of rotatable bonds is 6. The van der Waals surface area contributed by atoms with Crippen LogP contribution >= 0.6 is 17.0 Å². The van der Waals surface area contributed by atoms with Gasteiger partial charge in [-0.05, 0) is 0 Å². The summed E-state index contributed by atoms with van der Waals surface area (Å²) in [6.45, 7) is 14.1. The molecule has 5 aromatic carbocycles. The van der Waals surface area contributed by atoms with Gasteiger partial charge in [0.1, 0.15) is 0 Å². The van der Waals surface area contributed by atoms with Crippen molar-refractivity contribution >= 4 is 45.9 Å². The Morgan fingerprint density at radius 1 is 0.644 bits per heavy atom. The van der Waals surface area contributed by atoms with Crippen LogP contribution in [0.15, 0.2) is 114 Å². The predicted octanol–water partition coefficient (Wildman–Crippen LogP) is 12.7.